The van der Waals surface area contributed by atoms with Gasteiger partial charge in [-0.1, -0.05) is 17.3 Å². The van der Waals surface area contributed by atoms with E-state index in [2.05, 4.69) is 10.1 Å². The molecule has 1 heterocycles. The topological polar surface area (TPSA) is 71.1 Å². The second-order valence-corrected chi connectivity index (χ2v) is 4.65. The summed E-state index contributed by atoms with van der Waals surface area (Å²) < 4.78 is 5.37. The largest absolute Gasteiger partial charge is 0.409 e. The van der Waals surface area contributed by atoms with Crippen molar-refractivity contribution in [2.45, 2.75) is 6.42 Å². The molecule has 1 atom stereocenters. The molecule has 1 aromatic carbocycles. The molecule has 1 fully saturated rings. The Morgan fingerprint density at radius 3 is 3.11 bits per heavy atom. The van der Waals surface area contributed by atoms with Gasteiger partial charge >= 0.3 is 0 Å². The molecule has 1 aromatic rings. The summed E-state index contributed by atoms with van der Waals surface area (Å²) in [4.78, 5) is 2.17. The molecule has 5 heteroatoms. The molecule has 0 aromatic heterocycles. The first-order chi connectivity index (χ1) is 8.70. The van der Waals surface area contributed by atoms with E-state index in [4.69, 9.17) is 15.7 Å². The van der Waals surface area contributed by atoms with Crippen molar-refractivity contribution in [1.82, 2.24) is 0 Å². The van der Waals surface area contributed by atoms with Crippen LogP contribution in [-0.4, -0.2) is 37.8 Å². The van der Waals surface area contributed by atoms with Crippen molar-refractivity contribution >= 4 is 11.5 Å². The van der Waals surface area contributed by atoms with Crippen molar-refractivity contribution in [2.75, 3.05) is 31.7 Å². The van der Waals surface area contributed by atoms with Gasteiger partial charge in [0.25, 0.3) is 0 Å². The maximum absolute atomic E-state index is 8.68. The van der Waals surface area contributed by atoms with Crippen molar-refractivity contribution in [3.63, 3.8) is 0 Å². The molecular weight excluding hydrogens is 230 g/mol. The second kappa shape index (κ2) is 5.73. The lowest BCUT2D eigenvalue weighted by Gasteiger charge is -2.22. The standard InChI is InChI=1S/C13H19N3O2/c1-16(8-10-5-6-18-9-10)12-4-2-3-11(7-12)13(14)15-17/h2-4,7,10,17H,5-6,8-9H2,1H3,(H2,14,15). The van der Waals surface area contributed by atoms with Gasteiger partial charge in [-0.2, -0.15) is 0 Å². The summed E-state index contributed by atoms with van der Waals surface area (Å²) in [7, 11) is 2.05. The maximum Gasteiger partial charge on any atom is 0.170 e. The van der Waals surface area contributed by atoms with Gasteiger partial charge in [-0.05, 0) is 18.6 Å². The van der Waals surface area contributed by atoms with Crippen LogP contribution in [-0.2, 0) is 4.74 Å². The van der Waals surface area contributed by atoms with Crippen molar-refractivity contribution in [3.8, 4) is 0 Å². The first-order valence-electron chi connectivity index (χ1n) is 6.07. The predicted molar refractivity (Wildman–Crippen MR) is 71.1 cm³/mol. The van der Waals surface area contributed by atoms with E-state index in [0.29, 0.717) is 5.92 Å². The minimum absolute atomic E-state index is 0.134. The smallest absolute Gasteiger partial charge is 0.170 e. The highest BCUT2D eigenvalue weighted by Crippen LogP contribution is 2.19. The summed E-state index contributed by atoms with van der Waals surface area (Å²) in [6.45, 7) is 2.66. The van der Waals surface area contributed by atoms with E-state index in [0.717, 1.165) is 37.4 Å². The lowest BCUT2D eigenvalue weighted by atomic mass is 10.1. The Kier molecular flexibility index (Phi) is 4.04. The molecule has 1 aliphatic rings. The number of hydrogen-bond donors (Lipinski definition) is 2. The molecule has 98 valence electrons. The number of hydrogen-bond acceptors (Lipinski definition) is 4. The fourth-order valence-corrected chi connectivity index (χ4v) is 2.18. The minimum Gasteiger partial charge on any atom is -0.409 e. The van der Waals surface area contributed by atoms with Crippen LogP contribution in [0.25, 0.3) is 0 Å². The van der Waals surface area contributed by atoms with E-state index in [-0.39, 0.29) is 5.84 Å². The molecule has 0 aliphatic carbocycles. The van der Waals surface area contributed by atoms with Crippen LogP contribution < -0.4 is 10.6 Å². The summed E-state index contributed by atoms with van der Waals surface area (Å²) in [6, 6.07) is 7.67. The maximum atomic E-state index is 8.68. The van der Waals surface area contributed by atoms with Gasteiger partial charge in [0.05, 0.1) is 6.61 Å². The Bertz CT molecular complexity index is 428. The number of amidine groups is 1. The normalized spacial score (nSPS) is 20.1. The van der Waals surface area contributed by atoms with Crippen LogP contribution in [0.5, 0.6) is 0 Å². The van der Waals surface area contributed by atoms with Crippen LogP contribution in [0, 0.1) is 5.92 Å². The van der Waals surface area contributed by atoms with Gasteiger partial charge in [-0.15, -0.1) is 0 Å². The van der Waals surface area contributed by atoms with Gasteiger partial charge in [0.2, 0.25) is 0 Å². The molecule has 0 bridgehead atoms. The molecule has 2 rings (SSSR count). The molecule has 1 aliphatic heterocycles. The number of nitrogens with two attached hydrogens (primary N) is 1. The Morgan fingerprint density at radius 1 is 1.61 bits per heavy atom. The molecular formula is C13H19N3O2. The van der Waals surface area contributed by atoms with Crippen LogP contribution in [0.4, 0.5) is 5.69 Å². The Labute approximate surface area is 107 Å². The van der Waals surface area contributed by atoms with E-state index in [1.807, 2.05) is 31.3 Å². The number of nitrogens with zero attached hydrogens (tertiary/aromatic N) is 2. The number of benzene rings is 1. The number of ether oxygens (including phenoxy) is 1. The van der Waals surface area contributed by atoms with Crippen molar-refractivity contribution < 1.29 is 9.94 Å². The van der Waals surface area contributed by atoms with E-state index in [9.17, 15) is 0 Å². The number of anilines is 1. The third kappa shape index (κ3) is 2.92. The molecule has 0 amide bonds. The Balaban J connectivity index is 2.07. The molecule has 0 spiro atoms. The summed E-state index contributed by atoms with van der Waals surface area (Å²) in [5, 5.41) is 11.7. The fourth-order valence-electron chi connectivity index (χ4n) is 2.18. The van der Waals surface area contributed by atoms with Gasteiger partial charge in [0.15, 0.2) is 5.84 Å². The molecule has 5 nitrogen and oxygen atoms in total. The highest BCUT2D eigenvalue weighted by atomic mass is 16.5. The van der Waals surface area contributed by atoms with Crippen LogP contribution in [0.3, 0.4) is 0 Å². The molecule has 1 saturated heterocycles. The molecule has 1 unspecified atom stereocenters. The third-order valence-corrected chi connectivity index (χ3v) is 3.25. The minimum atomic E-state index is 0.134. The van der Waals surface area contributed by atoms with E-state index < -0.39 is 0 Å². The van der Waals surface area contributed by atoms with Crippen LogP contribution >= 0.6 is 0 Å². The summed E-state index contributed by atoms with van der Waals surface area (Å²) in [5.41, 5.74) is 7.38. The monoisotopic (exact) mass is 249 g/mol. The van der Waals surface area contributed by atoms with Gasteiger partial charge in [-0.25, -0.2) is 0 Å². The summed E-state index contributed by atoms with van der Waals surface area (Å²) in [6.07, 6.45) is 1.12. The highest BCUT2D eigenvalue weighted by Gasteiger charge is 2.17. The number of rotatable bonds is 4. The van der Waals surface area contributed by atoms with Gasteiger partial charge < -0.3 is 20.6 Å². The zero-order chi connectivity index (χ0) is 13.0. The van der Waals surface area contributed by atoms with Gasteiger partial charge in [0, 0.05) is 37.4 Å². The molecule has 18 heavy (non-hydrogen) atoms. The number of oxime groups is 1. The van der Waals surface area contributed by atoms with E-state index in [1.165, 1.54) is 0 Å². The molecule has 0 radical (unpaired) electrons. The van der Waals surface area contributed by atoms with E-state index >= 15 is 0 Å². The molecule has 0 saturated carbocycles. The Morgan fingerprint density at radius 2 is 2.44 bits per heavy atom. The quantitative estimate of drug-likeness (QED) is 0.365. The fraction of sp³-hybridized carbons (Fsp3) is 0.462. The van der Waals surface area contributed by atoms with Gasteiger partial charge in [-0.3, -0.25) is 0 Å². The van der Waals surface area contributed by atoms with E-state index in [1.54, 1.807) is 0 Å². The SMILES string of the molecule is CN(CC1CCOC1)c1cccc(C(N)=NO)c1. The zero-order valence-electron chi connectivity index (χ0n) is 10.5. The summed E-state index contributed by atoms with van der Waals surface area (Å²) >= 11 is 0. The van der Waals surface area contributed by atoms with Crippen LogP contribution in [0.2, 0.25) is 0 Å². The first kappa shape index (κ1) is 12.7. The average molecular weight is 249 g/mol. The lowest BCUT2D eigenvalue weighted by Crippen LogP contribution is -2.26. The zero-order valence-corrected chi connectivity index (χ0v) is 10.5. The Hall–Kier alpha value is -1.75. The lowest BCUT2D eigenvalue weighted by molar-refractivity contribution is 0.186. The van der Waals surface area contributed by atoms with Crippen LogP contribution in [0.1, 0.15) is 12.0 Å². The highest BCUT2D eigenvalue weighted by molar-refractivity contribution is 5.97. The van der Waals surface area contributed by atoms with Crippen molar-refractivity contribution in [1.29, 1.82) is 0 Å². The molecule has 3 N–H and O–H groups in total. The van der Waals surface area contributed by atoms with Crippen molar-refractivity contribution in [3.05, 3.63) is 29.8 Å². The van der Waals surface area contributed by atoms with Crippen LogP contribution in [0.15, 0.2) is 29.4 Å². The van der Waals surface area contributed by atoms with Crippen molar-refractivity contribution in [2.24, 2.45) is 16.8 Å². The van der Waals surface area contributed by atoms with Gasteiger partial charge in [0.1, 0.15) is 0 Å². The average Bonchev–Trinajstić information content (AvgIpc) is 2.90. The second-order valence-electron chi connectivity index (χ2n) is 4.65. The summed E-state index contributed by atoms with van der Waals surface area (Å²) in [5.74, 6) is 0.719. The third-order valence-electron chi connectivity index (χ3n) is 3.25. The predicted octanol–water partition coefficient (Wildman–Crippen LogP) is 1.25. The first-order valence-corrected chi connectivity index (χ1v) is 6.07.